The largest absolute Gasteiger partial charge is 0.496 e. The Kier molecular flexibility index (Phi) is 5.36. The van der Waals surface area contributed by atoms with Gasteiger partial charge in [0.25, 0.3) is 0 Å². The first-order valence-corrected chi connectivity index (χ1v) is 7.31. The molecule has 5 nitrogen and oxygen atoms in total. The summed E-state index contributed by atoms with van der Waals surface area (Å²) in [7, 11) is 1.61. The van der Waals surface area contributed by atoms with Crippen molar-refractivity contribution in [3.05, 3.63) is 48.2 Å². The van der Waals surface area contributed by atoms with Crippen molar-refractivity contribution in [2.75, 3.05) is 12.4 Å². The Hall–Kier alpha value is -2.56. The number of nitrogens with one attached hydrogen (secondary N) is 1. The summed E-state index contributed by atoms with van der Waals surface area (Å²) in [5.74, 6) is 1.23. The molecule has 0 fully saturated rings. The van der Waals surface area contributed by atoms with Gasteiger partial charge in [0, 0.05) is 17.7 Å². The van der Waals surface area contributed by atoms with Gasteiger partial charge in [-0.2, -0.15) is 5.10 Å². The number of aromatic nitrogens is 2. The van der Waals surface area contributed by atoms with Crippen LogP contribution in [0.3, 0.4) is 0 Å². The number of hydrogen-bond donors (Lipinski definition) is 1. The molecule has 1 unspecified atom stereocenters. The molecular formula is C17H21N3O2. The molecule has 0 radical (unpaired) electrons. The van der Waals surface area contributed by atoms with Crippen molar-refractivity contribution in [1.29, 1.82) is 0 Å². The second-order valence-corrected chi connectivity index (χ2v) is 4.98. The average Bonchev–Trinajstić information content (AvgIpc) is 3.00. The fraction of sp³-hybridized carbons (Fsp3) is 0.294. The zero-order valence-electron chi connectivity index (χ0n) is 13.1. The normalized spacial score (nSPS) is 12.3. The summed E-state index contributed by atoms with van der Waals surface area (Å²) < 4.78 is 7.07. The van der Waals surface area contributed by atoms with Crippen molar-refractivity contribution in [2.24, 2.45) is 0 Å². The number of para-hydroxylation sites is 1. The van der Waals surface area contributed by atoms with Crippen LogP contribution < -0.4 is 10.1 Å². The van der Waals surface area contributed by atoms with Gasteiger partial charge in [0.1, 0.15) is 11.6 Å². The first-order valence-electron chi connectivity index (χ1n) is 7.31. The number of carbonyl (C=O) groups is 1. The highest BCUT2D eigenvalue weighted by molar-refractivity contribution is 6.01. The maximum absolute atomic E-state index is 12.1. The van der Waals surface area contributed by atoms with Gasteiger partial charge in [0.05, 0.1) is 19.3 Å². The summed E-state index contributed by atoms with van der Waals surface area (Å²) in [6, 6.07) is 9.57. The summed E-state index contributed by atoms with van der Waals surface area (Å²) >= 11 is 0. The maximum Gasteiger partial charge on any atom is 0.249 e. The van der Waals surface area contributed by atoms with Gasteiger partial charge in [-0.3, -0.25) is 4.79 Å². The van der Waals surface area contributed by atoms with Crippen LogP contribution in [-0.4, -0.2) is 22.8 Å². The van der Waals surface area contributed by atoms with Crippen molar-refractivity contribution < 1.29 is 9.53 Å². The van der Waals surface area contributed by atoms with Crippen molar-refractivity contribution >= 4 is 17.8 Å². The predicted molar refractivity (Wildman–Crippen MR) is 87.9 cm³/mol. The molecule has 0 aliphatic heterocycles. The Bertz CT molecular complexity index is 661. The number of hydrogen-bond acceptors (Lipinski definition) is 3. The van der Waals surface area contributed by atoms with E-state index in [-0.39, 0.29) is 11.9 Å². The van der Waals surface area contributed by atoms with E-state index >= 15 is 0 Å². The highest BCUT2D eigenvalue weighted by Gasteiger charge is 2.09. The first kappa shape index (κ1) is 15.8. The second-order valence-electron chi connectivity index (χ2n) is 4.98. The minimum Gasteiger partial charge on any atom is -0.496 e. The molecule has 116 valence electrons. The van der Waals surface area contributed by atoms with E-state index in [1.807, 2.05) is 28.9 Å². The van der Waals surface area contributed by atoms with Crippen LogP contribution in [0.4, 0.5) is 5.82 Å². The Morgan fingerprint density at radius 3 is 2.91 bits per heavy atom. The lowest BCUT2D eigenvalue weighted by atomic mass is 10.2. The molecule has 1 aromatic carbocycles. The lowest BCUT2D eigenvalue weighted by molar-refractivity contribution is -0.111. The zero-order valence-corrected chi connectivity index (χ0v) is 13.1. The third-order valence-corrected chi connectivity index (χ3v) is 3.48. The number of ether oxygens (including phenoxy) is 1. The minimum absolute atomic E-state index is 0.198. The molecule has 5 heteroatoms. The summed E-state index contributed by atoms with van der Waals surface area (Å²) in [6.45, 7) is 4.15. The van der Waals surface area contributed by atoms with E-state index in [0.717, 1.165) is 17.7 Å². The molecule has 2 rings (SSSR count). The molecular weight excluding hydrogens is 278 g/mol. The SMILES string of the molecule is CCC(C)n1nccc1NC(=O)/C=C/c1ccccc1OC. The molecule has 1 heterocycles. The topological polar surface area (TPSA) is 56.2 Å². The van der Waals surface area contributed by atoms with E-state index < -0.39 is 0 Å². The quantitative estimate of drug-likeness (QED) is 0.830. The van der Waals surface area contributed by atoms with Crippen molar-refractivity contribution in [3.8, 4) is 5.75 Å². The van der Waals surface area contributed by atoms with Crippen LogP contribution in [0.15, 0.2) is 42.6 Å². The van der Waals surface area contributed by atoms with Crippen LogP contribution in [0.1, 0.15) is 31.9 Å². The van der Waals surface area contributed by atoms with Crippen molar-refractivity contribution in [2.45, 2.75) is 26.3 Å². The smallest absolute Gasteiger partial charge is 0.249 e. The lowest BCUT2D eigenvalue weighted by Gasteiger charge is -2.13. The van der Waals surface area contributed by atoms with Crippen LogP contribution in [-0.2, 0) is 4.79 Å². The third-order valence-electron chi connectivity index (χ3n) is 3.48. The van der Waals surface area contributed by atoms with Gasteiger partial charge in [-0.1, -0.05) is 25.1 Å². The van der Waals surface area contributed by atoms with E-state index in [9.17, 15) is 4.79 Å². The van der Waals surface area contributed by atoms with Gasteiger partial charge in [0.15, 0.2) is 0 Å². The lowest BCUT2D eigenvalue weighted by Crippen LogP contribution is -2.15. The van der Waals surface area contributed by atoms with Gasteiger partial charge in [0.2, 0.25) is 5.91 Å². The molecule has 1 N–H and O–H groups in total. The van der Waals surface area contributed by atoms with E-state index in [4.69, 9.17) is 4.74 Å². The van der Waals surface area contributed by atoms with E-state index in [0.29, 0.717) is 5.82 Å². The number of anilines is 1. The Balaban J connectivity index is 2.07. The number of methoxy groups -OCH3 is 1. The molecule has 1 amide bonds. The molecule has 22 heavy (non-hydrogen) atoms. The second kappa shape index (κ2) is 7.45. The van der Waals surface area contributed by atoms with Gasteiger partial charge in [-0.05, 0) is 25.5 Å². The van der Waals surface area contributed by atoms with Gasteiger partial charge >= 0.3 is 0 Å². The number of rotatable bonds is 6. The molecule has 0 bridgehead atoms. The average molecular weight is 299 g/mol. The minimum atomic E-state index is -0.198. The summed E-state index contributed by atoms with van der Waals surface area (Å²) in [6.07, 6.45) is 5.86. The van der Waals surface area contributed by atoms with Crippen molar-refractivity contribution in [3.63, 3.8) is 0 Å². The van der Waals surface area contributed by atoms with Gasteiger partial charge < -0.3 is 10.1 Å². The van der Waals surface area contributed by atoms with E-state index in [1.54, 1.807) is 25.4 Å². The van der Waals surface area contributed by atoms with Crippen LogP contribution in [0.25, 0.3) is 6.08 Å². The van der Waals surface area contributed by atoms with Gasteiger partial charge in [-0.15, -0.1) is 0 Å². The standard InChI is InChI=1S/C17H21N3O2/c1-4-13(2)20-16(11-12-18-20)19-17(21)10-9-14-7-5-6-8-15(14)22-3/h5-13H,4H2,1-3H3,(H,19,21)/b10-9+. The number of amides is 1. The number of benzene rings is 1. The highest BCUT2D eigenvalue weighted by Crippen LogP contribution is 2.19. The van der Waals surface area contributed by atoms with E-state index in [1.165, 1.54) is 6.08 Å². The Labute approximate surface area is 130 Å². The molecule has 1 atom stereocenters. The summed E-state index contributed by atoms with van der Waals surface area (Å²) in [5.41, 5.74) is 0.857. The van der Waals surface area contributed by atoms with Crippen LogP contribution >= 0.6 is 0 Å². The number of carbonyl (C=O) groups excluding carboxylic acids is 1. The Morgan fingerprint density at radius 1 is 1.41 bits per heavy atom. The van der Waals surface area contributed by atoms with Crippen LogP contribution in [0, 0.1) is 0 Å². The van der Waals surface area contributed by atoms with Crippen LogP contribution in [0.2, 0.25) is 0 Å². The van der Waals surface area contributed by atoms with Crippen LogP contribution in [0.5, 0.6) is 5.75 Å². The highest BCUT2D eigenvalue weighted by atomic mass is 16.5. The molecule has 0 aliphatic rings. The first-order chi connectivity index (χ1) is 10.7. The summed E-state index contributed by atoms with van der Waals surface area (Å²) in [5, 5.41) is 7.09. The monoisotopic (exact) mass is 299 g/mol. The molecule has 0 spiro atoms. The molecule has 0 saturated heterocycles. The predicted octanol–water partition coefficient (Wildman–Crippen LogP) is 3.51. The fourth-order valence-corrected chi connectivity index (χ4v) is 2.07. The molecule has 1 aromatic heterocycles. The van der Waals surface area contributed by atoms with Gasteiger partial charge in [-0.25, -0.2) is 4.68 Å². The molecule has 0 saturated carbocycles. The van der Waals surface area contributed by atoms with E-state index in [2.05, 4.69) is 24.3 Å². The Morgan fingerprint density at radius 2 is 2.18 bits per heavy atom. The third kappa shape index (κ3) is 3.75. The zero-order chi connectivity index (χ0) is 15.9. The maximum atomic E-state index is 12.1. The van der Waals surface area contributed by atoms with Crippen molar-refractivity contribution in [1.82, 2.24) is 9.78 Å². The number of nitrogens with zero attached hydrogens (tertiary/aromatic N) is 2. The summed E-state index contributed by atoms with van der Waals surface area (Å²) in [4.78, 5) is 12.1. The molecule has 0 aliphatic carbocycles. The fourth-order valence-electron chi connectivity index (χ4n) is 2.07. The molecule has 2 aromatic rings.